The molecule has 0 unspecified atom stereocenters. The summed E-state index contributed by atoms with van der Waals surface area (Å²) in [6, 6.07) is 1.87. The molecule has 0 aliphatic rings. The van der Waals surface area contributed by atoms with E-state index >= 15 is 0 Å². The van der Waals surface area contributed by atoms with Gasteiger partial charge < -0.3 is 0 Å². The minimum atomic E-state index is 0.249. The standard InChI is InChI=1S/C5Cl3NS/c6-3-2(1-9)10-5(8)4(3)7. The van der Waals surface area contributed by atoms with Crippen molar-refractivity contribution in [3.8, 4) is 6.07 Å². The van der Waals surface area contributed by atoms with E-state index in [2.05, 4.69) is 0 Å². The number of rotatable bonds is 0. The molecule has 0 radical (unpaired) electrons. The van der Waals surface area contributed by atoms with Crippen LogP contribution in [-0.2, 0) is 0 Å². The van der Waals surface area contributed by atoms with Gasteiger partial charge in [0.2, 0.25) is 0 Å². The average Bonchev–Trinajstić information content (AvgIpc) is 2.17. The van der Waals surface area contributed by atoms with Gasteiger partial charge >= 0.3 is 0 Å². The van der Waals surface area contributed by atoms with Gasteiger partial charge in [0.05, 0.1) is 10.0 Å². The summed E-state index contributed by atoms with van der Waals surface area (Å²) in [7, 11) is 0. The van der Waals surface area contributed by atoms with Crippen LogP contribution >= 0.6 is 46.1 Å². The summed E-state index contributed by atoms with van der Waals surface area (Å²) in [5, 5.41) is 8.93. The maximum absolute atomic E-state index is 8.41. The van der Waals surface area contributed by atoms with Crippen LogP contribution in [0.4, 0.5) is 0 Å². The minimum Gasteiger partial charge on any atom is -0.191 e. The molecule has 0 saturated heterocycles. The van der Waals surface area contributed by atoms with E-state index in [4.69, 9.17) is 40.1 Å². The predicted octanol–water partition coefficient (Wildman–Crippen LogP) is 3.58. The van der Waals surface area contributed by atoms with E-state index in [1.54, 1.807) is 0 Å². The van der Waals surface area contributed by atoms with Gasteiger partial charge in [-0.3, -0.25) is 0 Å². The maximum Gasteiger partial charge on any atom is 0.126 e. The van der Waals surface area contributed by atoms with Crippen LogP contribution in [0.1, 0.15) is 4.88 Å². The summed E-state index contributed by atoms with van der Waals surface area (Å²) in [5.74, 6) is 0. The van der Waals surface area contributed by atoms with Crippen LogP contribution in [0.25, 0.3) is 0 Å². The highest BCUT2D eigenvalue weighted by Crippen LogP contribution is 2.39. The minimum absolute atomic E-state index is 0.249. The predicted molar refractivity (Wildman–Crippen MR) is 44.1 cm³/mol. The van der Waals surface area contributed by atoms with Gasteiger partial charge in [-0.1, -0.05) is 34.8 Å². The van der Waals surface area contributed by atoms with Crippen LogP contribution in [0.5, 0.6) is 0 Å². The Morgan fingerprint density at radius 1 is 1.20 bits per heavy atom. The highest BCUT2D eigenvalue weighted by atomic mass is 35.5. The van der Waals surface area contributed by atoms with Crippen LogP contribution < -0.4 is 0 Å². The van der Waals surface area contributed by atoms with Crippen molar-refractivity contribution in [2.45, 2.75) is 0 Å². The van der Waals surface area contributed by atoms with Crippen molar-refractivity contribution in [1.29, 1.82) is 5.26 Å². The number of hydrogen-bond donors (Lipinski definition) is 0. The Hall–Kier alpha value is 0.0600. The highest BCUT2D eigenvalue weighted by Gasteiger charge is 2.12. The van der Waals surface area contributed by atoms with Crippen molar-refractivity contribution in [3.63, 3.8) is 0 Å². The summed E-state index contributed by atoms with van der Waals surface area (Å²) in [6.45, 7) is 0. The summed E-state index contributed by atoms with van der Waals surface area (Å²) in [5.41, 5.74) is 0. The molecule has 0 aromatic carbocycles. The van der Waals surface area contributed by atoms with E-state index in [-0.39, 0.29) is 10.0 Å². The summed E-state index contributed by atoms with van der Waals surface area (Å²) < 4.78 is 0.364. The Bertz CT molecular complexity index is 299. The smallest absolute Gasteiger partial charge is 0.126 e. The molecule has 1 nitrogen and oxygen atoms in total. The Kier molecular flexibility index (Phi) is 2.43. The molecular formula is C5Cl3NS. The molecule has 0 atom stereocenters. The van der Waals surface area contributed by atoms with Crippen LogP contribution in [0.2, 0.25) is 14.4 Å². The third-order valence-electron chi connectivity index (χ3n) is 0.858. The van der Waals surface area contributed by atoms with Gasteiger partial charge in [0.1, 0.15) is 15.3 Å². The lowest BCUT2D eigenvalue weighted by Gasteiger charge is -1.80. The molecule has 0 aliphatic heterocycles. The first kappa shape index (κ1) is 8.16. The molecular weight excluding hydrogens is 212 g/mol. The second kappa shape index (κ2) is 2.98. The Labute approximate surface area is 76.7 Å². The van der Waals surface area contributed by atoms with E-state index in [1.165, 1.54) is 0 Å². The number of hydrogen-bond acceptors (Lipinski definition) is 2. The van der Waals surface area contributed by atoms with Crippen LogP contribution in [0.3, 0.4) is 0 Å². The molecule has 1 heterocycles. The van der Waals surface area contributed by atoms with Crippen molar-refractivity contribution < 1.29 is 0 Å². The van der Waals surface area contributed by atoms with Crippen molar-refractivity contribution >= 4 is 46.1 Å². The monoisotopic (exact) mass is 211 g/mol. The van der Waals surface area contributed by atoms with Gasteiger partial charge in [0.25, 0.3) is 0 Å². The van der Waals surface area contributed by atoms with Crippen molar-refractivity contribution in [2.75, 3.05) is 0 Å². The molecule has 1 rings (SSSR count). The SMILES string of the molecule is N#Cc1sc(Cl)c(Cl)c1Cl. The fourth-order valence-electron chi connectivity index (χ4n) is 0.437. The third kappa shape index (κ3) is 1.23. The first-order valence-corrected chi connectivity index (χ1v) is 4.15. The molecule has 1 aromatic rings. The second-order valence-electron chi connectivity index (χ2n) is 1.44. The number of nitrogens with zero attached hydrogens (tertiary/aromatic N) is 1. The van der Waals surface area contributed by atoms with E-state index in [1.807, 2.05) is 6.07 Å². The van der Waals surface area contributed by atoms with E-state index in [9.17, 15) is 0 Å². The Balaban J connectivity index is 3.34. The fourth-order valence-corrected chi connectivity index (χ4v) is 1.99. The average molecular weight is 212 g/mol. The van der Waals surface area contributed by atoms with Crippen molar-refractivity contribution in [3.05, 3.63) is 19.3 Å². The fraction of sp³-hybridized carbons (Fsp3) is 0. The zero-order chi connectivity index (χ0) is 7.72. The molecule has 0 fully saturated rings. The van der Waals surface area contributed by atoms with Gasteiger partial charge in [0.15, 0.2) is 0 Å². The number of nitriles is 1. The zero-order valence-corrected chi connectivity index (χ0v) is 7.57. The molecule has 0 saturated carbocycles. The third-order valence-corrected chi connectivity index (χ3v) is 3.33. The molecule has 52 valence electrons. The Morgan fingerprint density at radius 2 is 1.80 bits per heavy atom. The summed E-state index contributed by atoms with van der Waals surface area (Å²) in [6.07, 6.45) is 0. The number of halogens is 3. The van der Waals surface area contributed by atoms with Gasteiger partial charge in [-0.15, -0.1) is 11.3 Å². The van der Waals surface area contributed by atoms with Gasteiger partial charge in [-0.25, -0.2) is 0 Å². The summed E-state index contributed by atoms with van der Waals surface area (Å²) in [4.78, 5) is 0.358. The van der Waals surface area contributed by atoms with Gasteiger partial charge in [-0.2, -0.15) is 5.26 Å². The molecule has 0 N–H and O–H groups in total. The molecule has 0 aliphatic carbocycles. The molecule has 10 heavy (non-hydrogen) atoms. The lowest BCUT2D eigenvalue weighted by atomic mass is 10.5. The van der Waals surface area contributed by atoms with Crippen LogP contribution in [0.15, 0.2) is 0 Å². The maximum atomic E-state index is 8.41. The van der Waals surface area contributed by atoms with Gasteiger partial charge in [0, 0.05) is 0 Å². The lowest BCUT2D eigenvalue weighted by Crippen LogP contribution is -1.61. The molecule has 1 aromatic heterocycles. The lowest BCUT2D eigenvalue weighted by molar-refractivity contribution is 1.52. The quantitative estimate of drug-likeness (QED) is 0.645. The van der Waals surface area contributed by atoms with E-state index in [0.717, 1.165) is 11.3 Å². The largest absolute Gasteiger partial charge is 0.191 e. The molecule has 5 heteroatoms. The van der Waals surface area contributed by atoms with Crippen LogP contribution in [0, 0.1) is 11.3 Å². The normalized spacial score (nSPS) is 9.40. The van der Waals surface area contributed by atoms with Crippen LogP contribution in [-0.4, -0.2) is 0 Å². The molecule has 0 amide bonds. The van der Waals surface area contributed by atoms with E-state index in [0.29, 0.717) is 9.21 Å². The first-order chi connectivity index (χ1) is 4.66. The highest BCUT2D eigenvalue weighted by molar-refractivity contribution is 7.18. The topological polar surface area (TPSA) is 23.8 Å². The molecule has 0 spiro atoms. The van der Waals surface area contributed by atoms with Gasteiger partial charge in [-0.05, 0) is 0 Å². The zero-order valence-electron chi connectivity index (χ0n) is 4.49. The Morgan fingerprint density at radius 3 is 2.00 bits per heavy atom. The van der Waals surface area contributed by atoms with E-state index < -0.39 is 0 Å². The number of thiophene rings is 1. The van der Waals surface area contributed by atoms with Crippen molar-refractivity contribution in [1.82, 2.24) is 0 Å². The molecule has 0 bridgehead atoms. The second-order valence-corrected chi connectivity index (χ2v) is 3.82. The van der Waals surface area contributed by atoms with Crippen molar-refractivity contribution in [2.24, 2.45) is 0 Å². The first-order valence-electron chi connectivity index (χ1n) is 2.20. The summed E-state index contributed by atoms with van der Waals surface area (Å²) >= 11 is 17.8.